The molecule has 2 aromatic carbocycles. The van der Waals surface area contributed by atoms with Gasteiger partial charge in [-0.2, -0.15) is 4.31 Å². The number of H-pyrrole nitrogens is 1. The van der Waals surface area contributed by atoms with E-state index in [9.17, 15) is 13.2 Å². The number of nitrogens with one attached hydrogen (secondary N) is 1. The highest BCUT2D eigenvalue weighted by Gasteiger charge is 2.24. The molecule has 0 spiro atoms. The lowest BCUT2D eigenvalue weighted by Crippen LogP contribution is -2.47. The van der Waals surface area contributed by atoms with Crippen molar-refractivity contribution in [3.63, 3.8) is 0 Å². The third-order valence-corrected chi connectivity index (χ3v) is 9.09. The van der Waals surface area contributed by atoms with Crippen LogP contribution in [0.15, 0.2) is 54.9 Å². The van der Waals surface area contributed by atoms with E-state index < -0.39 is 16.0 Å². The van der Waals surface area contributed by atoms with Crippen molar-refractivity contribution in [1.82, 2.24) is 24.2 Å². The summed E-state index contributed by atoms with van der Waals surface area (Å²) < 4.78 is 30.0. The zero-order valence-electron chi connectivity index (χ0n) is 22.6. The normalized spacial score (nSPS) is 16.7. The number of methoxy groups -OCH3 is 1. The Labute approximate surface area is 233 Å². The summed E-state index contributed by atoms with van der Waals surface area (Å²) in [7, 11) is -1.79. The summed E-state index contributed by atoms with van der Waals surface area (Å²) >= 11 is 0. The summed E-state index contributed by atoms with van der Waals surface area (Å²) in [5.74, 6) is 0.143. The number of aromatic nitrogens is 3. The summed E-state index contributed by atoms with van der Waals surface area (Å²) in [6.45, 7) is 4.77. The number of ether oxygens (including phenoxy) is 1. The third kappa shape index (κ3) is 5.32. The highest BCUT2D eigenvalue weighted by molar-refractivity contribution is 7.88. The van der Waals surface area contributed by atoms with Crippen LogP contribution >= 0.6 is 0 Å². The molecule has 11 heteroatoms. The van der Waals surface area contributed by atoms with Crippen LogP contribution in [-0.2, 0) is 34.3 Å². The summed E-state index contributed by atoms with van der Waals surface area (Å²) in [6, 6.07) is 15.1. The van der Waals surface area contributed by atoms with E-state index in [1.54, 1.807) is 4.31 Å². The van der Waals surface area contributed by atoms with E-state index in [4.69, 9.17) is 4.74 Å². The maximum absolute atomic E-state index is 11.8. The number of carbonyl (C=O) groups excluding carboxylic acids is 1. The molecule has 4 heterocycles. The molecule has 0 aliphatic carbocycles. The van der Waals surface area contributed by atoms with Gasteiger partial charge in [0.15, 0.2) is 0 Å². The molecule has 2 aliphatic heterocycles. The van der Waals surface area contributed by atoms with E-state index in [1.165, 1.54) is 48.0 Å². The molecule has 0 bridgehead atoms. The van der Waals surface area contributed by atoms with Crippen LogP contribution < -0.4 is 4.90 Å². The first kappa shape index (κ1) is 26.4. The molecule has 0 unspecified atom stereocenters. The lowest BCUT2D eigenvalue weighted by Gasteiger charge is -2.33. The van der Waals surface area contributed by atoms with Crippen LogP contribution in [0.25, 0.3) is 22.0 Å². The van der Waals surface area contributed by atoms with E-state index in [-0.39, 0.29) is 0 Å². The Morgan fingerprint density at radius 1 is 1.00 bits per heavy atom. The molecule has 1 fully saturated rings. The number of aromatic amines is 1. The minimum absolute atomic E-state index is 0.332. The molecule has 4 aromatic rings. The van der Waals surface area contributed by atoms with E-state index in [0.717, 1.165) is 49.2 Å². The Bertz CT molecular complexity index is 1660. The second kappa shape index (κ2) is 10.6. The lowest BCUT2D eigenvalue weighted by atomic mass is 9.98. The number of rotatable bonds is 6. The van der Waals surface area contributed by atoms with Crippen molar-refractivity contribution in [2.45, 2.75) is 19.5 Å². The van der Waals surface area contributed by atoms with Crippen molar-refractivity contribution in [2.24, 2.45) is 0 Å². The van der Waals surface area contributed by atoms with E-state index in [1.807, 2.05) is 0 Å². The van der Waals surface area contributed by atoms with E-state index in [0.29, 0.717) is 31.1 Å². The van der Waals surface area contributed by atoms with Gasteiger partial charge >= 0.3 is 5.97 Å². The molecule has 2 aliphatic rings. The first-order valence-electron chi connectivity index (χ1n) is 13.3. The lowest BCUT2D eigenvalue weighted by molar-refractivity contribution is 0.0599. The first-order chi connectivity index (χ1) is 19.3. The van der Waals surface area contributed by atoms with Gasteiger partial charge in [-0.1, -0.05) is 24.3 Å². The van der Waals surface area contributed by atoms with Gasteiger partial charge in [-0.3, -0.25) is 4.90 Å². The van der Waals surface area contributed by atoms with Crippen molar-refractivity contribution in [3.8, 4) is 11.1 Å². The third-order valence-electron chi connectivity index (χ3n) is 7.78. The smallest absolute Gasteiger partial charge is 0.341 e. The van der Waals surface area contributed by atoms with Crippen LogP contribution in [0.3, 0.4) is 0 Å². The van der Waals surface area contributed by atoms with Crippen LogP contribution in [0.4, 0.5) is 5.95 Å². The Morgan fingerprint density at radius 3 is 2.48 bits per heavy atom. The fourth-order valence-electron chi connectivity index (χ4n) is 5.60. The van der Waals surface area contributed by atoms with Gasteiger partial charge in [0.25, 0.3) is 0 Å². The fourth-order valence-corrected chi connectivity index (χ4v) is 6.43. The molecule has 1 saturated heterocycles. The first-order valence-corrected chi connectivity index (χ1v) is 15.2. The van der Waals surface area contributed by atoms with Crippen LogP contribution in [-0.4, -0.2) is 84.6 Å². The number of piperazine rings is 1. The minimum Gasteiger partial charge on any atom is -0.465 e. The summed E-state index contributed by atoms with van der Waals surface area (Å²) in [5.41, 5.74) is 7.42. The molecule has 0 atom stereocenters. The SMILES string of the molecule is COC(=O)c1cnc(N2CCc3[nH]c4ccc(-c5cccc(CN6CCN(S(C)(=O)=O)CC6)c5)cc4c3C2)nc1. The summed E-state index contributed by atoms with van der Waals surface area (Å²) in [5, 5.41) is 1.19. The number of carbonyl (C=O) groups is 1. The molecule has 10 nitrogen and oxygen atoms in total. The number of hydrogen-bond acceptors (Lipinski definition) is 8. The molecular weight excluding hydrogens is 528 g/mol. The van der Waals surface area contributed by atoms with Gasteiger partial charge in [0.05, 0.1) is 18.9 Å². The van der Waals surface area contributed by atoms with Crippen LogP contribution in [0.5, 0.6) is 0 Å². The van der Waals surface area contributed by atoms with Crippen molar-refractivity contribution >= 4 is 32.8 Å². The van der Waals surface area contributed by atoms with Crippen LogP contribution in [0.1, 0.15) is 27.2 Å². The van der Waals surface area contributed by atoms with Crippen molar-refractivity contribution in [3.05, 3.63) is 77.2 Å². The highest BCUT2D eigenvalue weighted by atomic mass is 32.2. The van der Waals surface area contributed by atoms with Crippen molar-refractivity contribution in [2.75, 3.05) is 51.0 Å². The molecule has 208 valence electrons. The molecule has 1 N–H and O–H groups in total. The fraction of sp³-hybridized carbons (Fsp3) is 0.345. The second-order valence-electron chi connectivity index (χ2n) is 10.4. The topological polar surface area (TPSA) is 112 Å². The second-order valence-corrected chi connectivity index (χ2v) is 12.4. The monoisotopic (exact) mass is 560 g/mol. The van der Waals surface area contributed by atoms with Gasteiger partial charge in [0.2, 0.25) is 16.0 Å². The predicted molar refractivity (Wildman–Crippen MR) is 154 cm³/mol. The number of benzene rings is 2. The summed E-state index contributed by atoms with van der Waals surface area (Å²) in [4.78, 5) is 28.6. The Balaban J connectivity index is 1.20. The number of hydrogen-bond donors (Lipinski definition) is 1. The largest absolute Gasteiger partial charge is 0.465 e. The average molecular weight is 561 g/mol. The zero-order valence-corrected chi connectivity index (χ0v) is 23.4. The number of sulfonamides is 1. The van der Waals surface area contributed by atoms with Gasteiger partial charge in [-0.05, 0) is 34.9 Å². The molecule has 40 heavy (non-hydrogen) atoms. The number of nitrogens with zero attached hydrogens (tertiary/aromatic N) is 5. The van der Waals surface area contributed by atoms with Crippen LogP contribution in [0, 0.1) is 0 Å². The molecule has 0 amide bonds. The number of esters is 1. The summed E-state index contributed by atoms with van der Waals surface area (Å²) in [6.07, 6.45) is 5.15. The average Bonchev–Trinajstić information content (AvgIpc) is 3.34. The van der Waals surface area contributed by atoms with Crippen molar-refractivity contribution < 1.29 is 17.9 Å². The maximum atomic E-state index is 11.8. The highest BCUT2D eigenvalue weighted by Crippen LogP contribution is 2.33. The number of anilines is 1. The van der Waals surface area contributed by atoms with Gasteiger partial charge in [0.1, 0.15) is 0 Å². The Morgan fingerprint density at radius 2 is 1.75 bits per heavy atom. The molecule has 0 radical (unpaired) electrons. The maximum Gasteiger partial charge on any atom is 0.341 e. The quantitative estimate of drug-likeness (QED) is 0.358. The Hall–Kier alpha value is -3.80. The minimum atomic E-state index is -3.13. The van der Waals surface area contributed by atoms with E-state index in [2.05, 4.69) is 67.2 Å². The zero-order chi connectivity index (χ0) is 27.9. The standard InChI is InChI=1S/C29H32N6O4S/c1-39-28(36)23-16-30-29(31-17-23)34-9-8-27-25(19-34)24-15-22(6-7-26(24)32-27)21-5-3-4-20(14-21)18-33-10-12-35(13-11-33)40(2,37)38/h3-7,14-17,32H,8-13,18-19H2,1-2H3. The van der Waals surface area contributed by atoms with Gasteiger partial charge < -0.3 is 14.6 Å². The molecule has 2 aromatic heterocycles. The molecular formula is C29H32N6O4S. The van der Waals surface area contributed by atoms with Crippen molar-refractivity contribution in [1.29, 1.82) is 0 Å². The Kier molecular flexibility index (Phi) is 7.03. The molecule has 6 rings (SSSR count). The van der Waals surface area contributed by atoms with E-state index >= 15 is 0 Å². The van der Waals surface area contributed by atoms with Gasteiger partial charge in [-0.15, -0.1) is 0 Å². The van der Waals surface area contributed by atoms with Crippen LogP contribution in [0.2, 0.25) is 0 Å². The predicted octanol–water partition coefficient (Wildman–Crippen LogP) is 3.05. The van der Waals surface area contributed by atoms with Gasteiger partial charge in [-0.25, -0.2) is 23.2 Å². The molecule has 0 saturated carbocycles. The number of fused-ring (bicyclic) bond motifs is 3. The van der Waals surface area contributed by atoms with Gasteiger partial charge in [0, 0.05) is 86.8 Å².